The van der Waals surface area contributed by atoms with E-state index in [1.54, 1.807) is 27.7 Å². The second-order valence-corrected chi connectivity index (χ2v) is 5.66. The summed E-state index contributed by atoms with van der Waals surface area (Å²) in [6.07, 6.45) is -1.21. The SMILES string of the molecule is CC(C)(C)OC(=O)N1CCC(F)C(C)(N)C1. The van der Waals surface area contributed by atoms with Gasteiger partial charge in [0.25, 0.3) is 0 Å². The monoisotopic (exact) mass is 232 g/mol. The third kappa shape index (κ3) is 3.33. The van der Waals surface area contributed by atoms with Crippen molar-refractivity contribution in [1.29, 1.82) is 0 Å². The predicted octanol–water partition coefficient (Wildman–Crippen LogP) is 1.68. The molecule has 1 fully saturated rings. The maximum absolute atomic E-state index is 13.4. The number of likely N-dealkylation sites (tertiary alicyclic amines) is 1. The molecule has 1 aliphatic rings. The molecule has 1 heterocycles. The number of nitrogens with zero attached hydrogens (tertiary/aromatic N) is 1. The fourth-order valence-corrected chi connectivity index (χ4v) is 1.67. The van der Waals surface area contributed by atoms with Crippen LogP contribution < -0.4 is 5.73 Å². The van der Waals surface area contributed by atoms with Gasteiger partial charge in [0.15, 0.2) is 0 Å². The normalized spacial score (nSPS) is 31.4. The van der Waals surface area contributed by atoms with Crippen molar-refractivity contribution in [3.05, 3.63) is 0 Å². The van der Waals surface area contributed by atoms with Gasteiger partial charge in [-0.1, -0.05) is 0 Å². The minimum atomic E-state index is -1.06. The molecule has 1 saturated heterocycles. The van der Waals surface area contributed by atoms with Gasteiger partial charge in [-0.25, -0.2) is 9.18 Å². The first-order chi connectivity index (χ1) is 7.12. The highest BCUT2D eigenvalue weighted by Gasteiger charge is 2.39. The van der Waals surface area contributed by atoms with E-state index in [0.717, 1.165) is 0 Å². The van der Waals surface area contributed by atoms with Gasteiger partial charge in [0.05, 0.1) is 5.54 Å². The lowest BCUT2D eigenvalue weighted by molar-refractivity contribution is 0.00368. The van der Waals surface area contributed by atoms with Gasteiger partial charge in [-0.05, 0) is 34.1 Å². The van der Waals surface area contributed by atoms with Crippen molar-refractivity contribution in [3.8, 4) is 0 Å². The van der Waals surface area contributed by atoms with Crippen molar-refractivity contribution in [2.75, 3.05) is 13.1 Å². The Hall–Kier alpha value is -0.840. The molecule has 4 nitrogen and oxygen atoms in total. The fourth-order valence-electron chi connectivity index (χ4n) is 1.67. The van der Waals surface area contributed by atoms with Gasteiger partial charge < -0.3 is 15.4 Å². The minimum absolute atomic E-state index is 0.197. The summed E-state index contributed by atoms with van der Waals surface area (Å²) in [6.45, 7) is 7.58. The molecule has 94 valence electrons. The summed E-state index contributed by atoms with van der Waals surface area (Å²) in [4.78, 5) is 13.2. The highest BCUT2D eigenvalue weighted by atomic mass is 19.1. The first-order valence-electron chi connectivity index (χ1n) is 5.53. The van der Waals surface area contributed by atoms with Gasteiger partial charge in [-0.2, -0.15) is 0 Å². The average Bonchev–Trinajstić information content (AvgIpc) is 2.06. The van der Waals surface area contributed by atoms with E-state index in [4.69, 9.17) is 10.5 Å². The molecule has 0 aromatic rings. The van der Waals surface area contributed by atoms with Crippen LogP contribution in [0.2, 0.25) is 0 Å². The number of ether oxygens (including phenoxy) is 1. The first kappa shape index (κ1) is 13.2. The molecule has 0 aromatic carbocycles. The van der Waals surface area contributed by atoms with Crippen molar-refractivity contribution >= 4 is 6.09 Å². The zero-order chi connectivity index (χ0) is 12.6. The summed E-state index contributed by atoms with van der Waals surface area (Å²) in [5, 5.41) is 0. The molecule has 0 radical (unpaired) electrons. The summed E-state index contributed by atoms with van der Waals surface area (Å²) in [5.74, 6) is 0. The van der Waals surface area contributed by atoms with Crippen molar-refractivity contribution in [3.63, 3.8) is 0 Å². The molecule has 0 saturated carbocycles. The van der Waals surface area contributed by atoms with Crippen molar-refractivity contribution in [1.82, 2.24) is 4.90 Å². The van der Waals surface area contributed by atoms with Crippen LogP contribution in [0.4, 0.5) is 9.18 Å². The topological polar surface area (TPSA) is 55.6 Å². The number of alkyl halides is 1. The molecule has 0 spiro atoms. The third-order valence-corrected chi connectivity index (χ3v) is 2.55. The van der Waals surface area contributed by atoms with Gasteiger partial charge in [0.2, 0.25) is 0 Å². The maximum Gasteiger partial charge on any atom is 0.410 e. The lowest BCUT2D eigenvalue weighted by Gasteiger charge is -2.40. The van der Waals surface area contributed by atoms with Gasteiger partial charge >= 0.3 is 6.09 Å². The summed E-state index contributed by atoms with van der Waals surface area (Å²) in [6, 6.07) is 0. The Morgan fingerprint density at radius 3 is 2.56 bits per heavy atom. The first-order valence-corrected chi connectivity index (χ1v) is 5.53. The molecule has 0 aliphatic carbocycles. The molecule has 2 atom stereocenters. The molecule has 0 bridgehead atoms. The quantitative estimate of drug-likeness (QED) is 0.691. The van der Waals surface area contributed by atoms with E-state index in [9.17, 15) is 9.18 Å². The van der Waals surface area contributed by atoms with Gasteiger partial charge in [-0.15, -0.1) is 0 Å². The largest absolute Gasteiger partial charge is 0.444 e. The number of amides is 1. The Bertz CT molecular complexity index is 274. The van der Waals surface area contributed by atoms with E-state index >= 15 is 0 Å². The Labute approximate surface area is 95.9 Å². The maximum atomic E-state index is 13.4. The van der Waals surface area contributed by atoms with Crippen molar-refractivity contribution < 1.29 is 13.9 Å². The number of piperidine rings is 1. The molecule has 2 unspecified atom stereocenters. The number of halogens is 1. The molecular weight excluding hydrogens is 211 g/mol. The van der Waals surface area contributed by atoms with E-state index < -0.39 is 23.4 Å². The summed E-state index contributed by atoms with van der Waals surface area (Å²) in [7, 11) is 0. The molecule has 0 aromatic heterocycles. The van der Waals surface area contributed by atoms with Gasteiger partial charge in [0.1, 0.15) is 11.8 Å². The third-order valence-electron chi connectivity index (χ3n) is 2.55. The summed E-state index contributed by atoms with van der Waals surface area (Å²) < 4.78 is 18.6. The van der Waals surface area contributed by atoms with E-state index in [1.165, 1.54) is 4.90 Å². The van der Waals surface area contributed by atoms with Gasteiger partial charge in [-0.3, -0.25) is 0 Å². The molecule has 1 amide bonds. The smallest absolute Gasteiger partial charge is 0.410 e. The highest BCUT2D eigenvalue weighted by molar-refractivity contribution is 5.68. The van der Waals surface area contributed by atoms with Crippen LogP contribution in [0.5, 0.6) is 0 Å². The summed E-state index contributed by atoms with van der Waals surface area (Å²) >= 11 is 0. The van der Waals surface area contributed by atoms with Crippen LogP contribution in [0.25, 0.3) is 0 Å². The Morgan fingerprint density at radius 1 is 1.56 bits per heavy atom. The fraction of sp³-hybridized carbons (Fsp3) is 0.909. The second kappa shape index (κ2) is 4.20. The molecule has 2 N–H and O–H groups in total. The molecule has 5 heteroatoms. The number of hydrogen-bond donors (Lipinski definition) is 1. The molecular formula is C11H21FN2O2. The van der Waals surface area contributed by atoms with Crippen molar-refractivity contribution in [2.24, 2.45) is 5.73 Å². The highest BCUT2D eigenvalue weighted by Crippen LogP contribution is 2.23. The second-order valence-electron chi connectivity index (χ2n) is 5.66. The number of nitrogens with two attached hydrogens (primary N) is 1. The van der Waals surface area contributed by atoms with E-state index in [0.29, 0.717) is 6.54 Å². The number of carbonyl (C=O) groups is 1. The summed E-state index contributed by atoms with van der Waals surface area (Å²) in [5.41, 5.74) is 4.28. The van der Waals surface area contributed by atoms with Gasteiger partial charge in [0, 0.05) is 13.1 Å². The lowest BCUT2D eigenvalue weighted by Crippen LogP contribution is -2.60. The molecule has 16 heavy (non-hydrogen) atoms. The van der Waals surface area contributed by atoms with Crippen LogP contribution >= 0.6 is 0 Å². The number of hydrogen-bond acceptors (Lipinski definition) is 3. The zero-order valence-electron chi connectivity index (χ0n) is 10.4. The average molecular weight is 232 g/mol. The van der Waals surface area contributed by atoms with Crippen LogP contribution in [0.3, 0.4) is 0 Å². The predicted molar refractivity (Wildman–Crippen MR) is 59.9 cm³/mol. The number of carbonyl (C=O) groups excluding carboxylic acids is 1. The van der Waals surface area contributed by atoms with Crippen molar-refractivity contribution in [2.45, 2.75) is 51.4 Å². The Morgan fingerprint density at radius 2 is 2.12 bits per heavy atom. The standard InChI is InChI=1S/C11H21FN2O2/c1-10(2,3)16-9(15)14-6-5-8(12)11(4,13)7-14/h8H,5-7,13H2,1-4H3. The lowest BCUT2D eigenvalue weighted by atomic mass is 9.90. The Kier molecular flexibility index (Phi) is 3.47. The van der Waals surface area contributed by atoms with Crippen LogP contribution in [0.1, 0.15) is 34.1 Å². The molecule has 1 rings (SSSR count). The zero-order valence-corrected chi connectivity index (χ0v) is 10.4. The van der Waals surface area contributed by atoms with E-state index in [-0.39, 0.29) is 13.0 Å². The Balaban J connectivity index is 2.60. The minimum Gasteiger partial charge on any atom is -0.444 e. The number of rotatable bonds is 0. The van der Waals surface area contributed by atoms with E-state index in [1.807, 2.05) is 0 Å². The van der Waals surface area contributed by atoms with E-state index in [2.05, 4.69) is 0 Å². The molecule has 1 aliphatic heterocycles. The van der Waals surface area contributed by atoms with Crippen LogP contribution in [0, 0.1) is 0 Å². The van der Waals surface area contributed by atoms with Crippen LogP contribution in [-0.4, -0.2) is 41.4 Å². The van der Waals surface area contributed by atoms with Crippen LogP contribution in [0.15, 0.2) is 0 Å². The van der Waals surface area contributed by atoms with Crippen LogP contribution in [-0.2, 0) is 4.74 Å².